The van der Waals surface area contributed by atoms with Gasteiger partial charge in [0, 0.05) is 17.5 Å². The lowest BCUT2D eigenvalue weighted by Gasteiger charge is -2.40. The molecule has 154 valence electrons. The Bertz CT molecular complexity index is 853. The molecule has 2 saturated heterocycles. The molecule has 4 aliphatic rings. The standard InChI is InChI=1S/C24H30N2O3/c1-23(2,3)26-20(21(27)25-16-11-7-8-12-16)24-14-13-17(29-24)18(19(24)22(26)28)15-9-5-4-6-10-15/h4-6,9-10,13-14,16-20H,7-8,11-12H2,1-3H3,(H,25,27). The summed E-state index contributed by atoms with van der Waals surface area (Å²) < 4.78 is 6.51. The Kier molecular flexibility index (Phi) is 4.18. The van der Waals surface area contributed by atoms with Crippen molar-refractivity contribution in [2.45, 2.75) is 81.7 Å². The maximum absolute atomic E-state index is 13.8. The van der Waals surface area contributed by atoms with Crippen LogP contribution in [0.3, 0.4) is 0 Å². The number of fused-ring (bicyclic) bond motifs is 1. The van der Waals surface area contributed by atoms with Crippen LogP contribution in [-0.4, -0.2) is 46.0 Å². The number of carbonyl (C=O) groups is 2. The number of ether oxygens (including phenoxy) is 1. The third-order valence-corrected chi connectivity index (χ3v) is 7.13. The molecule has 0 aromatic heterocycles. The van der Waals surface area contributed by atoms with Gasteiger partial charge in [-0.15, -0.1) is 0 Å². The van der Waals surface area contributed by atoms with Crippen molar-refractivity contribution in [3.05, 3.63) is 48.0 Å². The Morgan fingerprint density at radius 2 is 1.86 bits per heavy atom. The van der Waals surface area contributed by atoms with E-state index in [4.69, 9.17) is 4.74 Å². The Hall–Kier alpha value is -2.14. The molecule has 3 heterocycles. The lowest BCUT2D eigenvalue weighted by molar-refractivity contribution is -0.145. The number of benzene rings is 1. The molecule has 3 fully saturated rings. The highest BCUT2D eigenvalue weighted by atomic mass is 16.5. The first-order chi connectivity index (χ1) is 13.8. The first-order valence-electron chi connectivity index (χ1n) is 10.9. The predicted molar refractivity (Wildman–Crippen MR) is 110 cm³/mol. The number of nitrogens with zero attached hydrogens (tertiary/aromatic N) is 1. The van der Waals surface area contributed by atoms with Crippen molar-refractivity contribution in [3.8, 4) is 0 Å². The van der Waals surface area contributed by atoms with E-state index in [-0.39, 0.29) is 35.8 Å². The van der Waals surface area contributed by atoms with Crippen LogP contribution in [-0.2, 0) is 14.3 Å². The number of amides is 2. The first-order valence-corrected chi connectivity index (χ1v) is 10.9. The molecular weight excluding hydrogens is 364 g/mol. The van der Waals surface area contributed by atoms with Crippen LogP contribution in [0.15, 0.2) is 42.5 Å². The van der Waals surface area contributed by atoms with Crippen LogP contribution < -0.4 is 5.32 Å². The lowest BCUT2D eigenvalue weighted by Crippen LogP contribution is -2.60. The largest absolute Gasteiger partial charge is 0.359 e. The summed E-state index contributed by atoms with van der Waals surface area (Å²) in [5.41, 5.74) is -0.240. The number of nitrogens with one attached hydrogen (secondary N) is 1. The van der Waals surface area contributed by atoms with Gasteiger partial charge in [-0.05, 0) is 39.2 Å². The molecular formula is C24H30N2O3. The van der Waals surface area contributed by atoms with E-state index in [0.29, 0.717) is 0 Å². The second-order valence-electron chi connectivity index (χ2n) is 9.98. The van der Waals surface area contributed by atoms with Gasteiger partial charge >= 0.3 is 0 Å². The van der Waals surface area contributed by atoms with E-state index in [1.54, 1.807) is 4.90 Å². The van der Waals surface area contributed by atoms with Crippen LogP contribution in [0.5, 0.6) is 0 Å². The van der Waals surface area contributed by atoms with Gasteiger partial charge in [0.1, 0.15) is 11.6 Å². The molecule has 1 N–H and O–H groups in total. The molecule has 1 aromatic rings. The van der Waals surface area contributed by atoms with E-state index in [9.17, 15) is 9.59 Å². The summed E-state index contributed by atoms with van der Waals surface area (Å²) in [5, 5.41) is 3.24. The highest BCUT2D eigenvalue weighted by Crippen LogP contribution is 2.59. The number of rotatable bonds is 3. The monoisotopic (exact) mass is 394 g/mol. The van der Waals surface area contributed by atoms with Crippen molar-refractivity contribution in [2.24, 2.45) is 5.92 Å². The van der Waals surface area contributed by atoms with Crippen LogP contribution in [0.4, 0.5) is 0 Å². The Labute approximate surface area is 172 Å². The van der Waals surface area contributed by atoms with Crippen molar-refractivity contribution < 1.29 is 14.3 Å². The fourth-order valence-electron chi connectivity index (χ4n) is 6.00. The zero-order chi connectivity index (χ0) is 20.4. The summed E-state index contributed by atoms with van der Waals surface area (Å²) in [5.74, 6) is -0.451. The molecule has 5 heteroatoms. The van der Waals surface area contributed by atoms with Crippen LogP contribution in [0.25, 0.3) is 0 Å². The molecule has 5 nitrogen and oxygen atoms in total. The summed E-state index contributed by atoms with van der Waals surface area (Å²) >= 11 is 0. The summed E-state index contributed by atoms with van der Waals surface area (Å²) in [6.45, 7) is 6.02. The Balaban J connectivity index is 1.56. The van der Waals surface area contributed by atoms with Gasteiger partial charge in [-0.2, -0.15) is 0 Å². The molecule has 1 spiro atoms. The Morgan fingerprint density at radius 3 is 2.52 bits per heavy atom. The Morgan fingerprint density at radius 1 is 1.17 bits per heavy atom. The average molecular weight is 395 g/mol. The van der Waals surface area contributed by atoms with Crippen LogP contribution in [0, 0.1) is 5.92 Å². The van der Waals surface area contributed by atoms with Crippen molar-refractivity contribution in [2.75, 3.05) is 0 Å². The van der Waals surface area contributed by atoms with Crippen LogP contribution >= 0.6 is 0 Å². The number of hydrogen-bond donors (Lipinski definition) is 1. The number of carbonyl (C=O) groups excluding carboxylic acids is 2. The minimum Gasteiger partial charge on any atom is -0.359 e. The fourth-order valence-corrected chi connectivity index (χ4v) is 6.00. The molecule has 1 aromatic carbocycles. The number of likely N-dealkylation sites (tertiary alicyclic amines) is 1. The van der Waals surface area contributed by atoms with Crippen molar-refractivity contribution >= 4 is 11.8 Å². The molecule has 2 amide bonds. The van der Waals surface area contributed by atoms with Gasteiger partial charge in [-0.25, -0.2) is 0 Å². The summed E-state index contributed by atoms with van der Waals surface area (Å²) in [4.78, 5) is 29.1. The van der Waals surface area contributed by atoms with E-state index in [1.807, 2.05) is 45.0 Å². The predicted octanol–water partition coefficient (Wildman–Crippen LogP) is 3.16. The molecule has 2 bridgehead atoms. The lowest BCUT2D eigenvalue weighted by atomic mass is 9.72. The van der Waals surface area contributed by atoms with Gasteiger partial charge < -0.3 is 15.0 Å². The van der Waals surface area contributed by atoms with Gasteiger partial charge in [0.2, 0.25) is 11.8 Å². The van der Waals surface area contributed by atoms with Gasteiger partial charge in [-0.1, -0.05) is 55.3 Å². The highest BCUT2D eigenvalue weighted by Gasteiger charge is 2.72. The highest BCUT2D eigenvalue weighted by molar-refractivity contribution is 5.97. The van der Waals surface area contributed by atoms with Gasteiger partial charge in [0.25, 0.3) is 0 Å². The smallest absolute Gasteiger partial charge is 0.246 e. The van der Waals surface area contributed by atoms with Crippen LogP contribution in [0.2, 0.25) is 0 Å². The molecule has 5 atom stereocenters. The molecule has 5 unspecified atom stereocenters. The second-order valence-corrected chi connectivity index (χ2v) is 9.98. The molecule has 0 radical (unpaired) electrons. The van der Waals surface area contributed by atoms with E-state index in [2.05, 4.69) is 23.5 Å². The number of hydrogen-bond acceptors (Lipinski definition) is 3. The summed E-state index contributed by atoms with van der Waals surface area (Å²) in [7, 11) is 0. The zero-order valence-electron chi connectivity index (χ0n) is 17.4. The third kappa shape index (κ3) is 2.70. The topological polar surface area (TPSA) is 58.6 Å². The maximum Gasteiger partial charge on any atom is 0.246 e. The van der Waals surface area contributed by atoms with Crippen molar-refractivity contribution in [1.29, 1.82) is 0 Å². The van der Waals surface area contributed by atoms with Gasteiger partial charge in [0.15, 0.2) is 0 Å². The maximum atomic E-state index is 13.8. The van der Waals surface area contributed by atoms with Crippen molar-refractivity contribution in [1.82, 2.24) is 10.2 Å². The van der Waals surface area contributed by atoms with E-state index < -0.39 is 17.2 Å². The van der Waals surface area contributed by atoms with Gasteiger partial charge in [0.05, 0.1) is 12.0 Å². The normalized spacial score (nSPS) is 36.1. The molecule has 3 aliphatic heterocycles. The molecule has 1 saturated carbocycles. The SMILES string of the molecule is CC(C)(C)N1C(=O)C2C(c3ccccc3)C3C=CC2(O3)C1C(=O)NC1CCCC1. The van der Waals surface area contributed by atoms with Gasteiger partial charge in [-0.3, -0.25) is 9.59 Å². The molecule has 5 rings (SSSR count). The molecule has 1 aliphatic carbocycles. The summed E-state index contributed by atoms with van der Waals surface area (Å²) in [6.07, 6.45) is 8.25. The first kappa shape index (κ1) is 18.9. The quantitative estimate of drug-likeness (QED) is 0.801. The fraction of sp³-hybridized carbons (Fsp3) is 0.583. The van der Waals surface area contributed by atoms with E-state index in [1.165, 1.54) is 0 Å². The average Bonchev–Trinajstić information content (AvgIpc) is 3.43. The van der Waals surface area contributed by atoms with E-state index in [0.717, 1.165) is 31.2 Å². The minimum atomic E-state index is -0.877. The summed E-state index contributed by atoms with van der Waals surface area (Å²) in [6, 6.07) is 9.71. The van der Waals surface area contributed by atoms with E-state index >= 15 is 0 Å². The molecule has 29 heavy (non-hydrogen) atoms. The third-order valence-electron chi connectivity index (χ3n) is 7.13. The minimum absolute atomic E-state index is 0.0322. The zero-order valence-corrected chi connectivity index (χ0v) is 17.4. The van der Waals surface area contributed by atoms with Crippen molar-refractivity contribution in [3.63, 3.8) is 0 Å². The van der Waals surface area contributed by atoms with Crippen LogP contribution in [0.1, 0.15) is 57.9 Å². The second kappa shape index (κ2) is 6.43.